The standard InChI is InChI=1S/C13H12IN5/c1-3-6-15-12-9(2)17-8-18-13(12)19-10-4-5-11(14)16-7-10/h3-8H,1H2,2H3,(H,17,18,19)/b15-6-. The van der Waals surface area contributed by atoms with Crippen LogP contribution in [0.4, 0.5) is 17.2 Å². The van der Waals surface area contributed by atoms with Crippen molar-refractivity contribution in [3.05, 3.63) is 46.7 Å². The van der Waals surface area contributed by atoms with Crippen LogP contribution in [0.5, 0.6) is 0 Å². The fraction of sp³-hybridized carbons (Fsp3) is 0.0769. The molecule has 2 aromatic heterocycles. The zero-order chi connectivity index (χ0) is 13.7. The Balaban J connectivity index is 2.34. The third-order valence-electron chi connectivity index (χ3n) is 2.30. The number of nitrogens with one attached hydrogen (secondary N) is 1. The predicted octanol–water partition coefficient (Wildman–Crippen LogP) is 3.42. The topological polar surface area (TPSA) is 63.1 Å². The molecule has 0 bridgehead atoms. The van der Waals surface area contributed by atoms with E-state index >= 15 is 0 Å². The fourth-order valence-corrected chi connectivity index (χ4v) is 1.75. The van der Waals surface area contributed by atoms with Crippen LogP contribution in [0, 0.1) is 10.6 Å². The van der Waals surface area contributed by atoms with Crippen molar-refractivity contribution >= 4 is 46.0 Å². The highest BCUT2D eigenvalue weighted by Crippen LogP contribution is 2.27. The summed E-state index contributed by atoms with van der Waals surface area (Å²) in [5.74, 6) is 0.647. The van der Waals surface area contributed by atoms with E-state index in [4.69, 9.17) is 0 Å². The third-order valence-corrected chi connectivity index (χ3v) is 2.94. The van der Waals surface area contributed by atoms with Crippen molar-refractivity contribution in [3.63, 3.8) is 0 Å². The van der Waals surface area contributed by atoms with Gasteiger partial charge >= 0.3 is 0 Å². The molecule has 96 valence electrons. The van der Waals surface area contributed by atoms with Crippen LogP contribution in [0.3, 0.4) is 0 Å². The second kappa shape index (κ2) is 6.37. The third kappa shape index (κ3) is 3.57. The van der Waals surface area contributed by atoms with Gasteiger partial charge in [-0.25, -0.2) is 15.0 Å². The minimum atomic E-state index is 0.647. The Bertz CT molecular complexity index is 607. The molecule has 0 amide bonds. The maximum Gasteiger partial charge on any atom is 0.160 e. The van der Waals surface area contributed by atoms with Gasteiger partial charge in [0.1, 0.15) is 15.7 Å². The summed E-state index contributed by atoms with van der Waals surface area (Å²) in [6, 6.07) is 3.86. The number of aryl methyl sites for hydroxylation is 1. The predicted molar refractivity (Wildman–Crippen MR) is 85.4 cm³/mol. The maximum absolute atomic E-state index is 4.29. The van der Waals surface area contributed by atoms with Gasteiger partial charge in [-0.15, -0.1) is 0 Å². The van der Waals surface area contributed by atoms with Gasteiger partial charge in [0.25, 0.3) is 0 Å². The lowest BCUT2D eigenvalue weighted by Crippen LogP contribution is -1.97. The number of rotatable bonds is 4. The van der Waals surface area contributed by atoms with E-state index in [0.29, 0.717) is 11.5 Å². The monoisotopic (exact) mass is 365 g/mol. The number of pyridine rings is 1. The lowest BCUT2D eigenvalue weighted by Gasteiger charge is -2.09. The molecule has 0 radical (unpaired) electrons. The van der Waals surface area contributed by atoms with E-state index in [-0.39, 0.29) is 0 Å². The Morgan fingerprint density at radius 3 is 2.84 bits per heavy atom. The number of aromatic nitrogens is 3. The molecule has 0 atom stereocenters. The summed E-state index contributed by atoms with van der Waals surface area (Å²) < 4.78 is 0.937. The van der Waals surface area contributed by atoms with Gasteiger partial charge in [-0.3, -0.25) is 4.99 Å². The summed E-state index contributed by atoms with van der Waals surface area (Å²) in [5.41, 5.74) is 2.35. The quantitative estimate of drug-likeness (QED) is 0.512. The van der Waals surface area contributed by atoms with Crippen LogP contribution in [0.15, 0.2) is 42.3 Å². The molecular weight excluding hydrogens is 353 g/mol. The molecule has 0 aliphatic carbocycles. The van der Waals surface area contributed by atoms with Crippen LogP contribution in [-0.4, -0.2) is 21.2 Å². The van der Waals surface area contributed by atoms with Crippen molar-refractivity contribution < 1.29 is 0 Å². The van der Waals surface area contributed by atoms with E-state index < -0.39 is 0 Å². The molecule has 0 fully saturated rings. The molecule has 6 heteroatoms. The van der Waals surface area contributed by atoms with Crippen molar-refractivity contribution in [1.29, 1.82) is 0 Å². The second-order valence-electron chi connectivity index (χ2n) is 3.66. The molecular formula is C13H12IN5. The van der Waals surface area contributed by atoms with E-state index in [9.17, 15) is 0 Å². The van der Waals surface area contributed by atoms with Crippen LogP contribution in [0.2, 0.25) is 0 Å². The highest BCUT2D eigenvalue weighted by Gasteiger charge is 2.07. The minimum absolute atomic E-state index is 0.647. The van der Waals surface area contributed by atoms with E-state index in [1.54, 1.807) is 18.5 Å². The number of allylic oxidation sites excluding steroid dienone is 1. The smallest absolute Gasteiger partial charge is 0.160 e. The highest BCUT2D eigenvalue weighted by atomic mass is 127. The molecule has 2 rings (SSSR count). The Morgan fingerprint density at radius 1 is 1.32 bits per heavy atom. The second-order valence-corrected chi connectivity index (χ2v) is 4.77. The summed E-state index contributed by atoms with van der Waals surface area (Å²) in [7, 11) is 0. The SMILES string of the molecule is C=C/C=N\c1c(C)ncnc1Nc1ccc(I)nc1. The van der Waals surface area contributed by atoms with E-state index in [2.05, 4.69) is 54.4 Å². The van der Waals surface area contributed by atoms with Crippen molar-refractivity contribution in [1.82, 2.24) is 15.0 Å². The Morgan fingerprint density at radius 2 is 2.16 bits per heavy atom. The van der Waals surface area contributed by atoms with Gasteiger partial charge in [-0.05, 0) is 41.6 Å². The van der Waals surface area contributed by atoms with Crippen LogP contribution >= 0.6 is 22.6 Å². The molecule has 2 heterocycles. The summed E-state index contributed by atoms with van der Waals surface area (Å²) in [6.07, 6.45) is 6.48. The van der Waals surface area contributed by atoms with Crippen molar-refractivity contribution in [2.45, 2.75) is 6.92 Å². The highest BCUT2D eigenvalue weighted by molar-refractivity contribution is 14.1. The number of halogens is 1. The zero-order valence-corrected chi connectivity index (χ0v) is 12.5. The van der Waals surface area contributed by atoms with Crippen LogP contribution in [0.25, 0.3) is 0 Å². The van der Waals surface area contributed by atoms with Crippen LogP contribution < -0.4 is 5.32 Å². The lowest BCUT2D eigenvalue weighted by atomic mass is 10.3. The number of hydrogen-bond donors (Lipinski definition) is 1. The number of hydrogen-bond acceptors (Lipinski definition) is 5. The average molecular weight is 365 g/mol. The first-order valence-corrected chi connectivity index (χ1v) is 6.64. The van der Waals surface area contributed by atoms with Gasteiger partial charge in [-0.1, -0.05) is 12.7 Å². The fourth-order valence-electron chi connectivity index (χ4n) is 1.43. The summed E-state index contributed by atoms with van der Waals surface area (Å²) >= 11 is 2.16. The Hall–Kier alpha value is -1.83. The van der Waals surface area contributed by atoms with Gasteiger partial charge in [-0.2, -0.15) is 0 Å². The number of nitrogens with zero attached hydrogens (tertiary/aromatic N) is 4. The van der Waals surface area contributed by atoms with Crippen molar-refractivity contribution in [2.75, 3.05) is 5.32 Å². The van der Waals surface area contributed by atoms with Gasteiger partial charge in [0.15, 0.2) is 5.82 Å². The largest absolute Gasteiger partial charge is 0.337 e. The van der Waals surface area contributed by atoms with E-state index in [1.807, 2.05) is 19.1 Å². The van der Waals surface area contributed by atoms with Crippen molar-refractivity contribution in [2.24, 2.45) is 4.99 Å². The summed E-state index contributed by atoms with van der Waals surface area (Å²) in [6.45, 7) is 5.49. The number of aliphatic imine (C=N–C) groups is 1. The normalized spacial score (nSPS) is 10.6. The summed E-state index contributed by atoms with van der Waals surface area (Å²) in [4.78, 5) is 16.8. The van der Waals surface area contributed by atoms with Crippen LogP contribution in [-0.2, 0) is 0 Å². The molecule has 0 saturated carbocycles. The molecule has 0 aromatic carbocycles. The molecule has 2 aromatic rings. The molecule has 1 N–H and O–H groups in total. The zero-order valence-electron chi connectivity index (χ0n) is 10.3. The average Bonchev–Trinajstić information content (AvgIpc) is 2.41. The van der Waals surface area contributed by atoms with Gasteiger partial charge in [0, 0.05) is 6.21 Å². The maximum atomic E-state index is 4.29. The van der Waals surface area contributed by atoms with Gasteiger partial charge in [0.2, 0.25) is 0 Å². The molecule has 0 aliphatic heterocycles. The minimum Gasteiger partial charge on any atom is -0.337 e. The molecule has 0 unspecified atom stereocenters. The van der Waals surface area contributed by atoms with Gasteiger partial charge in [0.05, 0.1) is 17.6 Å². The summed E-state index contributed by atoms with van der Waals surface area (Å²) in [5, 5.41) is 3.18. The first kappa shape index (κ1) is 13.6. The van der Waals surface area contributed by atoms with Gasteiger partial charge < -0.3 is 5.32 Å². The molecule has 5 nitrogen and oxygen atoms in total. The first-order valence-electron chi connectivity index (χ1n) is 5.56. The lowest BCUT2D eigenvalue weighted by molar-refractivity contribution is 1.09. The van der Waals surface area contributed by atoms with E-state index in [0.717, 1.165) is 15.1 Å². The molecule has 0 saturated heterocycles. The van der Waals surface area contributed by atoms with Crippen LogP contribution in [0.1, 0.15) is 5.69 Å². The Kier molecular flexibility index (Phi) is 4.56. The number of anilines is 2. The van der Waals surface area contributed by atoms with Crippen molar-refractivity contribution in [3.8, 4) is 0 Å². The Labute approximate surface area is 125 Å². The molecule has 19 heavy (non-hydrogen) atoms. The first-order chi connectivity index (χ1) is 9.20. The van der Waals surface area contributed by atoms with E-state index in [1.165, 1.54) is 6.33 Å². The molecule has 0 aliphatic rings. The molecule has 0 spiro atoms.